The fourth-order valence-corrected chi connectivity index (χ4v) is 0. The van der Waals surface area contributed by atoms with E-state index in [2.05, 4.69) is 0 Å². The van der Waals surface area contributed by atoms with E-state index in [1.54, 1.807) is 0 Å². The number of hydrogen-bond acceptors (Lipinski definition) is 2. The molecule has 0 aromatic carbocycles. The van der Waals surface area contributed by atoms with Gasteiger partial charge in [-0.05, 0) is 6.92 Å². The molecule has 0 saturated carbocycles. The van der Waals surface area contributed by atoms with Crippen LogP contribution in [0.15, 0.2) is 0 Å². The van der Waals surface area contributed by atoms with Crippen molar-refractivity contribution in [1.82, 2.24) is 0 Å². The molecule has 32 valence electrons. The molecule has 0 bridgehead atoms. The zero-order valence-corrected chi connectivity index (χ0v) is 12.2. The normalized spacial score (nSPS) is 3.57. The first-order chi connectivity index (χ1) is 1.73. The molecule has 5 heteroatoms. The molecular weight excluding hydrogens is 314 g/mol. The third-order valence-corrected chi connectivity index (χ3v) is 0. The Bertz CT molecular complexity index is 36.7. The van der Waals surface area contributed by atoms with Crippen molar-refractivity contribution in [1.29, 1.82) is 0 Å². The summed E-state index contributed by atoms with van der Waals surface area (Å²) in [5, 5.41) is 8.89. The summed E-state index contributed by atoms with van der Waals surface area (Å²) in [4.78, 5) is 8.89. The number of hydrogen-bond donors (Lipinski definition) is 0. The third kappa shape index (κ3) is 106. The van der Waals surface area contributed by atoms with Crippen LogP contribution in [0.5, 0.6) is 0 Å². The number of carboxylic acids is 1. The summed E-state index contributed by atoms with van der Waals surface area (Å²) < 4.78 is 0. The van der Waals surface area contributed by atoms with Gasteiger partial charge < -0.3 is 33.9 Å². The number of carboxylic acid groups (broad SMARTS) is 1. The van der Waals surface area contributed by atoms with Gasteiger partial charge in [0.1, 0.15) is 0 Å². The number of carbonyl (C=O) groups is 1. The quantitative estimate of drug-likeness (QED) is 0.336. The zero-order valence-electron chi connectivity index (χ0n) is 4.11. The Kier molecular flexibility index (Phi) is 53.0. The maximum atomic E-state index is 8.89. The Hall–Kier alpha value is 1.45. The van der Waals surface area contributed by atoms with Crippen molar-refractivity contribution in [3.05, 3.63) is 0 Å². The van der Waals surface area contributed by atoms with Crippen LogP contribution in [0, 0.1) is 0 Å². The van der Waals surface area contributed by atoms with Gasteiger partial charge >= 0.3 is 39.0 Å². The van der Waals surface area contributed by atoms with E-state index >= 15 is 0 Å². The standard InChI is InChI=1S/C2H4O2.HI.2Zn/c1-2(3)4;;;/h1H3,(H,3,4);1H;;/q;;2*+2/p-2. The van der Waals surface area contributed by atoms with Gasteiger partial charge in [-0.25, -0.2) is 0 Å². The van der Waals surface area contributed by atoms with Gasteiger partial charge in [0.05, 0.1) is 0 Å². The van der Waals surface area contributed by atoms with Crippen molar-refractivity contribution in [2.45, 2.75) is 6.92 Å². The molecular formula is C2H3IO2Zn2+2. The topological polar surface area (TPSA) is 40.1 Å². The Morgan fingerprint density at radius 1 is 1.43 bits per heavy atom. The Morgan fingerprint density at radius 2 is 1.43 bits per heavy atom. The predicted molar refractivity (Wildman–Crippen MR) is 10.7 cm³/mol. The van der Waals surface area contributed by atoms with Crippen LogP contribution in [-0.2, 0) is 43.8 Å². The number of rotatable bonds is 0. The fourth-order valence-electron chi connectivity index (χ4n) is 0. The summed E-state index contributed by atoms with van der Waals surface area (Å²) in [6, 6.07) is 0. The molecule has 0 unspecified atom stereocenters. The van der Waals surface area contributed by atoms with Gasteiger partial charge in [0.2, 0.25) is 0 Å². The molecule has 0 aromatic heterocycles. The van der Waals surface area contributed by atoms with Gasteiger partial charge in [-0.1, -0.05) is 0 Å². The Morgan fingerprint density at radius 3 is 1.43 bits per heavy atom. The molecule has 0 N–H and O–H groups in total. The molecule has 0 spiro atoms. The summed E-state index contributed by atoms with van der Waals surface area (Å²) in [6.07, 6.45) is 0. The van der Waals surface area contributed by atoms with Crippen LogP contribution < -0.4 is 29.1 Å². The van der Waals surface area contributed by atoms with Gasteiger partial charge in [-0.15, -0.1) is 0 Å². The van der Waals surface area contributed by atoms with Crippen LogP contribution in [0.4, 0.5) is 0 Å². The first-order valence-corrected chi connectivity index (χ1v) is 0.908. The average Bonchev–Trinajstić information content (AvgIpc) is 0.811. The summed E-state index contributed by atoms with van der Waals surface area (Å²) in [5.41, 5.74) is 0. The van der Waals surface area contributed by atoms with Gasteiger partial charge in [0.15, 0.2) is 0 Å². The van der Waals surface area contributed by atoms with Crippen LogP contribution in [-0.4, -0.2) is 5.97 Å². The molecule has 0 saturated heterocycles. The molecule has 7 heavy (non-hydrogen) atoms. The van der Waals surface area contributed by atoms with E-state index in [0.29, 0.717) is 0 Å². The van der Waals surface area contributed by atoms with Crippen LogP contribution >= 0.6 is 0 Å². The van der Waals surface area contributed by atoms with E-state index in [1.165, 1.54) is 0 Å². The van der Waals surface area contributed by atoms with Crippen molar-refractivity contribution >= 4 is 5.97 Å². The smallest absolute Gasteiger partial charge is 1.00 e. The van der Waals surface area contributed by atoms with E-state index in [0.717, 1.165) is 6.92 Å². The minimum absolute atomic E-state index is 0. The molecule has 0 heterocycles. The van der Waals surface area contributed by atoms with Crippen molar-refractivity contribution in [3.8, 4) is 0 Å². The van der Waals surface area contributed by atoms with Crippen LogP contribution in [0.1, 0.15) is 6.92 Å². The largest absolute Gasteiger partial charge is 2.00 e. The molecule has 0 aliphatic rings. The average molecular weight is 317 g/mol. The van der Waals surface area contributed by atoms with Crippen LogP contribution in [0.25, 0.3) is 0 Å². The van der Waals surface area contributed by atoms with Crippen molar-refractivity contribution < 1.29 is 72.8 Å². The molecule has 0 aromatic rings. The molecule has 0 fully saturated rings. The van der Waals surface area contributed by atoms with E-state index < -0.39 is 5.97 Å². The molecule has 0 radical (unpaired) electrons. The monoisotopic (exact) mass is 314 g/mol. The van der Waals surface area contributed by atoms with Crippen LogP contribution in [0.3, 0.4) is 0 Å². The Balaban J connectivity index is -0.0000000150. The third-order valence-electron chi connectivity index (χ3n) is 0. The zero-order chi connectivity index (χ0) is 3.58. The minimum Gasteiger partial charge on any atom is -1.00 e. The summed E-state index contributed by atoms with van der Waals surface area (Å²) >= 11 is 0. The number of aliphatic carboxylic acids is 1. The number of carbonyl (C=O) groups excluding carboxylic acids is 1. The van der Waals surface area contributed by atoms with E-state index in [4.69, 9.17) is 9.90 Å². The van der Waals surface area contributed by atoms with Gasteiger partial charge in [-0.3, -0.25) is 0 Å². The van der Waals surface area contributed by atoms with Crippen molar-refractivity contribution in [2.75, 3.05) is 0 Å². The Labute approximate surface area is 85.0 Å². The van der Waals surface area contributed by atoms with Gasteiger partial charge in [0.25, 0.3) is 0 Å². The maximum Gasteiger partial charge on any atom is 2.00 e. The first-order valence-electron chi connectivity index (χ1n) is 0.908. The predicted octanol–water partition coefficient (Wildman–Crippen LogP) is -4.24. The summed E-state index contributed by atoms with van der Waals surface area (Å²) in [6.45, 7) is 0.972. The summed E-state index contributed by atoms with van der Waals surface area (Å²) in [5.74, 6) is -1.08. The van der Waals surface area contributed by atoms with E-state index in [9.17, 15) is 0 Å². The van der Waals surface area contributed by atoms with Gasteiger partial charge in [0, 0.05) is 5.97 Å². The SMILES string of the molecule is CC(=O)[O-].[I-].[Zn+2].[Zn+2]. The van der Waals surface area contributed by atoms with Gasteiger partial charge in [-0.2, -0.15) is 0 Å². The molecule has 0 amide bonds. The molecule has 0 aliphatic carbocycles. The molecule has 2 nitrogen and oxygen atoms in total. The maximum absolute atomic E-state index is 8.89. The summed E-state index contributed by atoms with van der Waals surface area (Å²) in [7, 11) is 0. The van der Waals surface area contributed by atoms with Crippen molar-refractivity contribution in [2.24, 2.45) is 0 Å². The second kappa shape index (κ2) is 15.7. The van der Waals surface area contributed by atoms with E-state index in [-0.39, 0.29) is 62.9 Å². The van der Waals surface area contributed by atoms with Crippen LogP contribution in [0.2, 0.25) is 0 Å². The van der Waals surface area contributed by atoms with Crippen molar-refractivity contribution in [3.63, 3.8) is 0 Å². The second-order valence-electron chi connectivity index (χ2n) is 0.492. The van der Waals surface area contributed by atoms with E-state index in [1.807, 2.05) is 0 Å². The first kappa shape index (κ1) is 23.7. The molecule has 0 atom stereocenters. The second-order valence-corrected chi connectivity index (χ2v) is 0.492. The molecule has 0 rings (SSSR count). The minimum atomic E-state index is -1.08. The number of halogens is 1. The molecule has 0 aliphatic heterocycles. The fraction of sp³-hybridized carbons (Fsp3) is 0.500.